The van der Waals surface area contributed by atoms with Crippen LogP contribution in [0.1, 0.15) is 37.5 Å². The van der Waals surface area contributed by atoms with Gasteiger partial charge in [0.1, 0.15) is 5.75 Å². The van der Waals surface area contributed by atoms with Crippen LogP contribution in [0.25, 0.3) is 0 Å². The number of hydrogen-bond acceptors (Lipinski definition) is 2. The van der Waals surface area contributed by atoms with Gasteiger partial charge in [-0.05, 0) is 53.3 Å². The molecular weight excluding hydrogens is 324 g/mol. The van der Waals surface area contributed by atoms with Gasteiger partial charge in [-0.2, -0.15) is 0 Å². The Kier molecular flexibility index (Phi) is 5.55. The predicted octanol–water partition coefficient (Wildman–Crippen LogP) is 5.02. The van der Waals surface area contributed by atoms with E-state index in [-0.39, 0.29) is 11.8 Å². The van der Waals surface area contributed by atoms with Crippen LogP contribution in [0.4, 0.5) is 0 Å². The third kappa shape index (κ3) is 4.75. The van der Waals surface area contributed by atoms with Crippen LogP contribution in [0.15, 0.2) is 42.5 Å². The minimum Gasteiger partial charge on any atom is -0.478 e. The number of rotatable bonds is 5. The third-order valence-corrected chi connectivity index (χ3v) is 4.23. The van der Waals surface area contributed by atoms with Gasteiger partial charge in [0.05, 0.1) is 0 Å². The fourth-order valence-corrected chi connectivity index (χ4v) is 2.63. The van der Waals surface area contributed by atoms with Crippen molar-refractivity contribution in [2.24, 2.45) is 0 Å². The Morgan fingerprint density at radius 1 is 1.17 bits per heavy atom. The molecule has 2 aromatic rings. The van der Waals surface area contributed by atoms with Crippen molar-refractivity contribution in [3.63, 3.8) is 0 Å². The number of benzene rings is 2. The van der Waals surface area contributed by atoms with Crippen molar-refractivity contribution in [3.05, 3.63) is 64.2 Å². The molecule has 0 aliphatic carbocycles. The van der Waals surface area contributed by atoms with Gasteiger partial charge in [0.25, 0.3) is 0 Å². The van der Waals surface area contributed by atoms with Crippen LogP contribution in [0.5, 0.6) is 5.75 Å². The zero-order valence-corrected chi connectivity index (χ0v) is 15.2. The molecule has 24 heavy (non-hydrogen) atoms. The lowest BCUT2D eigenvalue weighted by atomic mass is 9.87. The molecule has 128 valence electrons. The number of halogens is 1. The van der Waals surface area contributed by atoms with Crippen LogP contribution in [0.3, 0.4) is 0 Å². The van der Waals surface area contributed by atoms with Crippen LogP contribution in [-0.2, 0) is 16.6 Å². The molecule has 1 atom stereocenters. The van der Waals surface area contributed by atoms with Crippen LogP contribution in [0.2, 0.25) is 5.02 Å². The average molecular weight is 347 g/mol. The van der Waals surface area contributed by atoms with Crippen molar-refractivity contribution < 1.29 is 14.6 Å². The summed E-state index contributed by atoms with van der Waals surface area (Å²) in [5.74, 6) is -0.440. The van der Waals surface area contributed by atoms with Gasteiger partial charge in [-0.15, -0.1) is 0 Å². The normalized spacial score (nSPS) is 12.7. The smallest absolute Gasteiger partial charge is 0.345 e. The molecule has 0 fully saturated rings. The first-order valence-electron chi connectivity index (χ1n) is 7.92. The molecule has 3 nitrogen and oxygen atoms in total. The largest absolute Gasteiger partial charge is 0.478 e. The van der Waals surface area contributed by atoms with Gasteiger partial charge < -0.3 is 9.84 Å². The summed E-state index contributed by atoms with van der Waals surface area (Å²) in [4.78, 5) is 11.6. The Morgan fingerprint density at radius 3 is 2.33 bits per heavy atom. The van der Waals surface area contributed by atoms with E-state index in [0.29, 0.717) is 10.8 Å². The number of carboxylic acid groups (broad SMARTS) is 1. The Morgan fingerprint density at radius 2 is 1.79 bits per heavy atom. The summed E-state index contributed by atoms with van der Waals surface area (Å²) < 4.78 is 5.70. The Balaban J connectivity index is 2.17. The molecule has 0 aliphatic rings. The minimum atomic E-state index is -0.991. The second-order valence-electron chi connectivity index (χ2n) is 6.99. The van der Waals surface area contributed by atoms with Gasteiger partial charge in [-0.25, -0.2) is 4.79 Å². The summed E-state index contributed by atoms with van der Waals surface area (Å²) in [6.07, 6.45) is -0.689. The monoisotopic (exact) mass is 346 g/mol. The van der Waals surface area contributed by atoms with Crippen molar-refractivity contribution in [1.82, 2.24) is 0 Å². The molecule has 0 aliphatic heterocycles. The summed E-state index contributed by atoms with van der Waals surface area (Å²) in [7, 11) is 0. The van der Waals surface area contributed by atoms with E-state index >= 15 is 0 Å². The van der Waals surface area contributed by atoms with E-state index < -0.39 is 12.1 Å². The molecule has 2 rings (SSSR count). The van der Waals surface area contributed by atoms with E-state index in [2.05, 4.69) is 20.8 Å². The van der Waals surface area contributed by atoms with Gasteiger partial charge in [0, 0.05) is 11.4 Å². The highest BCUT2D eigenvalue weighted by molar-refractivity contribution is 6.30. The first-order chi connectivity index (χ1) is 11.2. The topological polar surface area (TPSA) is 46.5 Å². The molecule has 0 heterocycles. The lowest BCUT2D eigenvalue weighted by Crippen LogP contribution is -2.29. The summed E-state index contributed by atoms with van der Waals surface area (Å²) >= 11 is 6.01. The van der Waals surface area contributed by atoms with E-state index in [1.54, 1.807) is 12.1 Å². The second kappa shape index (κ2) is 7.27. The predicted molar refractivity (Wildman–Crippen MR) is 97.1 cm³/mol. The van der Waals surface area contributed by atoms with Gasteiger partial charge in [-0.1, -0.05) is 50.6 Å². The Bertz CT molecular complexity index is 715. The third-order valence-electron chi connectivity index (χ3n) is 3.99. The number of hydrogen-bond donors (Lipinski definition) is 1. The number of aliphatic carboxylic acids is 1. The maximum absolute atomic E-state index is 11.6. The molecule has 0 spiro atoms. The fraction of sp³-hybridized carbons (Fsp3) is 0.350. The molecule has 0 amide bonds. The molecule has 0 bridgehead atoms. The summed E-state index contributed by atoms with van der Waals surface area (Å²) in [5.41, 5.74) is 3.09. The van der Waals surface area contributed by atoms with Crippen molar-refractivity contribution in [3.8, 4) is 5.75 Å². The molecule has 0 saturated heterocycles. The van der Waals surface area contributed by atoms with Crippen molar-refractivity contribution in [1.29, 1.82) is 0 Å². The lowest BCUT2D eigenvalue weighted by Gasteiger charge is -2.20. The van der Waals surface area contributed by atoms with Crippen molar-refractivity contribution in [2.45, 2.75) is 45.6 Å². The van der Waals surface area contributed by atoms with E-state index in [1.807, 2.05) is 37.3 Å². The molecule has 0 saturated carbocycles. The van der Waals surface area contributed by atoms with Crippen molar-refractivity contribution in [2.75, 3.05) is 0 Å². The van der Waals surface area contributed by atoms with Gasteiger partial charge in [0.2, 0.25) is 0 Å². The first-order valence-corrected chi connectivity index (χ1v) is 8.29. The zero-order chi connectivity index (χ0) is 17.9. The molecule has 0 radical (unpaired) electrons. The minimum absolute atomic E-state index is 0.0443. The molecular formula is C20H23ClO3. The number of aryl methyl sites for hydroxylation is 1. The first kappa shape index (κ1) is 18.3. The highest BCUT2D eigenvalue weighted by Gasteiger charge is 2.21. The molecule has 2 aromatic carbocycles. The highest BCUT2D eigenvalue weighted by Crippen LogP contribution is 2.25. The molecule has 4 heteroatoms. The van der Waals surface area contributed by atoms with Crippen LogP contribution in [-0.4, -0.2) is 17.2 Å². The molecule has 0 aromatic heterocycles. The number of ether oxygens (including phenoxy) is 1. The molecule has 1 N–H and O–H groups in total. The quantitative estimate of drug-likeness (QED) is 0.826. The number of carbonyl (C=O) groups is 1. The maximum atomic E-state index is 11.6. The average Bonchev–Trinajstić information content (AvgIpc) is 2.49. The number of carboxylic acids is 1. The van der Waals surface area contributed by atoms with E-state index in [4.69, 9.17) is 16.3 Å². The lowest BCUT2D eigenvalue weighted by molar-refractivity contribution is -0.145. The fourth-order valence-electron chi connectivity index (χ4n) is 2.44. The van der Waals surface area contributed by atoms with Gasteiger partial charge in [0.15, 0.2) is 6.10 Å². The van der Waals surface area contributed by atoms with Gasteiger partial charge in [-0.3, -0.25) is 0 Å². The second-order valence-corrected chi connectivity index (χ2v) is 7.43. The van der Waals surface area contributed by atoms with Crippen LogP contribution >= 0.6 is 11.6 Å². The zero-order valence-electron chi connectivity index (χ0n) is 14.5. The Hall–Kier alpha value is -2.00. The van der Waals surface area contributed by atoms with Crippen molar-refractivity contribution >= 4 is 17.6 Å². The standard InChI is InChI=1S/C20H23ClO3/c1-13-5-8-16(21)11-14(13)12-18(19(22)23)24-17-9-6-15(7-10-17)20(2,3)4/h5-11,18H,12H2,1-4H3,(H,22,23). The SMILES string of the molecule is Cc1ccc(Cl)cc1CC(Oc1ccc(C(C)(C)C)cc1)C(=O)O. The Labute approximate surface area is 148 Å². The van der Waals surface area contributed by atoms with E-state index in [1.165, 1.54) is 5.56 Å². The van der Waals surface area contributed by atoms with Gasteiger partial charge >= 0.3 is 5.97 Å². The van der Waals surface area contributed by atoms with Crippen LogP contribution in [0, 0.1) is 6.92 Å². The highest BCUT2D eigenvalue weighted by atomic mass is 35.5. The summed E-state index contributed by atoms with van der Waals surface area (Å²) in [6.45, 7) is 8.32. The summed E-state index contributed by atoms with van der Waals surface area (Å²) in [6, 6.07) is 13.1. The van der Waals surface area contributed by atoms with Crippen LogP contribution < -0.4 is 4.74 Å². The molecule has 1 unspecified atom stereocenters. The van der Waals surface area contributed by atoms with E-state index in [9.17, 15) is 9.90 Å². The summed E-state index contributed by atoms with van der Waals surface area (Å²) in [5, 5.41) is 10.1. The maximum Gasteiger partial charge on any atom is 0.345 e. The van der Waals surface area contributed by atoms with E-state index in [0.717, 1.165) is 11.1 Å².